The third-order valence-corrected chi connectivity index (χ3v) is 5.14. The summed E-state index contributed by atoms with van der Waals surface area (Å²) in [4.78, 5) is -1.12. The molecule has 0 bridgehead atoms. The molecule has 0 fully saturated rings. The first-order valence-electron chi connectivity index (χ1n) is 7.10. The van der Waals surface area contributed by atoms with E-state index in [1.54, 1.807) is 0 Å². The number of nitrogens with zero attached hydrogens (tertiary/aromatic N) is 5. The van der Waals surface area contributed by atoms with Gasteiger partial charge in [-0.1, -0.05) is 29.5 Å². The quantitative estimate of drug-likeness (QED) is 0.266. The van der Waals surface area contributed by atoms with Crippen molar-refractivity contribution in [1.29, 1.82) is 10.9 Å². The monoisotopic (exact) mass is 423 g/mol. The van der Waals surface area contributed by atoms with Crippen molar-refractivity contribution in [3.63, 3.8) is 0 Å². The van der Waals surface area contributed by atoms with E-state index in [1.807, 2.05) is 0 Å². The molecule has 0 aromatic carbocycles. The van der Waals surface area contributed by atoms with E-state index >= 15 is 0 Å². The summed E-state index contributed by atoms with van der Waals surface area (Å²) in [6, 6.07) is 0. The molecule has 3 N–H and O–H groups in total. The van der Waals surface area contributed by atoms with E-state index in [9.17, 15) is 25.9 Å². The summed E-state index contributed by atoms with van der Waals surface area (Å²) in [5, 5.41) is 20.3. The molecule has 0 radical (unpaired) electrons. The molecule has 28 heavy (non-hydrogen) atoms. The van der Waals surface area contributed by atoms with Crippen molar-refractivity contribution in [2.24, 2.45) is 15.4 Å². The molecule has 0 spiro atoms. The Balaban J connectivity index is 2.57. The first-order valence-corrected chi connectivity index (χ1v) is 9.98. The zero-order valence-corrected chi connectivity index (χ0v) is 15.3. The van der Waals surface area contributed by atoms with Crippen LogP contribution in [0.1, 0.15) is 0 Å². The predicted molar refractivity (Wildman–Crippen MR) is 98.8 cm³/mol. The molecule has 0 saturated heterocycles. The average molecular weight is 423 g/mol. The fourth-order valence-electron chi connectivity index (χ4n) is 2.18. The highest BCUT2D eigenvalue weighted by atomic mass is 32.2. The maximum absolute atomic E-state index is 11.6. The van der Waals surface area contributed by atoms with Crippen LogP contribution in [0.3, 0.4) is 0 Å². The SMILES string of the molecule is N#[N+]N=C1C=CC(=CC=C2C=CC(=NN=N)C=C2S(=O)(=O)O)C(S(=O)(=O)O)=C1. The second-order valence-electron chi connectivity index (χ2n) is 5.12. The van der Waals surface area contributed by atoms with Crippen molar-refractivity contribution in [1.82, 2.24) is 0 Å². The van der Waals surface area contributed by atoms with E-state index in [2.05, 4.69) is 20.5 Å². The minimum atomic E-state index is -4.68. The number of hydrogen-bond donors (Lipinski definition) is 3. The van der Waals surface area contributed by atoms with E-state index in [0.717, 1.165) is 12.2 Å². The molecule has 0 atom stereocenters. The van der Waals surface area contributed by atoms with Crippen LogP contribution in [-0.4, -0.2) is 37.4 Å². The molecule has 2 aliphatic rings. The Morgan fingerprint density at radius 3 is 1.79 bits per heavy atom. The number of rotatable bonds is 4. The standard InChI is InChI=1S/C14H10N6O6S2/c15-19-17-11-5-3-9(13(7-11)27(21,22)23)1-2-10-4-6-12(18-20-16)8-14(10)28(24,25)26/h1-8,15H,(H-,21,22,23,24,25,26)/p+1. The lowest BCUT2D eigenvalue weighted by Crippen LogP contribution is -2.10. The number of nitrogens with one attached hydrogen (secondary N) is 1. The Morgan fingerprint density at radius 2 is 1.36 bits per heavy atom. The van der Waals surface area contributed by atoms with Crippen LogP contribution in [-0.2, 0) is 20.2 Å². The van der Waals surface area contributed by atoms with Crippen molar-refractivity contribution in [3.8, 4) is 0 Å². The van der Waals surface area contributed by atoms with Gasteiger partial charge < -0.3 is 0 Å². The van der Waals surface area contributed by atoms with Gasteiger partial charge in [0, 0.05) is 0 Å². The van der Waals surface area contributed by atoms with Gasteiger partial charge in [-0.05, 0) is 35.5 Å². The molecule has 0 amide bonds. The number of diazo groups is 1. The van der Waals surface area contributed by atoms with Crippen LogP contribution in [0.25, 0.3) is 5.08 Å². The summed E-state index contributed by atoms with van der Waals surface area (Å²) < 4.78 is 65.1. The number of allylic oxidation sites excluding steroid dienone is 10. The summed E-state index contributed by atoms with van der Waals surface area (Å²) in [6.07, 6.45) is 9.37. The Bertz CT molecular complexity index is 1220. The summed E-state index contributed by atoms with van der Waals surface area (Å²) >= 11 is 0. The smallest absolute Gasteiger partial charge is 0.282 e. The Morgan fingerprint density at radius 1 is 0.893 bits per heavy atom. The van der Waals surface area contributed by atoms with Crippen molar-refractivity contribution >= 4 is 31.7 Å². The maximum Gasteiger partial charge on any atom is 0.339 e. The second kappa shape index (κ2) is 8.10. The van der Waals surface area contributed by atoms with Crippen LogP contribution in [0, 0.1) is 10.9 Å². The summed E-state index contributed by atoms with van der Waals surface area (Å²) in [6.45, 7) is 0. The Labute approximate surface area is 159 Å². The van der Waals surface area contributed by atoms with Gasteiger partial charge in [-0.15, -0.1) is 5.10 Å². The van der Waals surface area contributed by atoms with Gasteiger partial charge in [-0.25, -0.2) is 0 Å². The van der Waals surface area contributed by atoms with E-state index in [-0.39, 0.29) is 22.6 Å². The molecule has 144 valence electrons. The van der Waals surface area contributed by atoms with E-state index in [0.29, 0.717) is 0 Å². The van der Waals surface area contributed by atoms with Crippen LogP contribution >= 0.6 is 0 Å². The minimum absolute atomic E-state index is 0.00267. The molecule has 12 nitrogen and oxygen atoms in total. The summed E-state index contributed by atoms with van der Waals surface area (Å²) in [5.41, 5.74) is 6.55. The van der Waals surface area contributed by atoms with E-state index in [4.69, 9.17) is 10.9 Å². The molecule has 0 aliphatic heterocycles. The first kappa shape index (κ1) is 20.9. The van der Waals surface area contributed by atoms with Gasteiger partial charge in [0.05, 0.1) is 5.71 Å². The molecule has 2 aliphatic carbocycles. The largest absolute Gasteiger partial charge is 0.339 e. The zero-order chi connectivity index (χ0) is 20.9. The van der Waals surface area contributed by atoms with Gasteiger partial charge in [0.15, 0.2) is 10.8 Å². The van der Waals surface area contributed by atoms with Crippen molar-refractivity contribution in [2.75, 3.05) is 0 Å². The van der Waals surface area contributed by atoms with Crippen LogP contribution in [0.15, 0.2) is 85.0 Å². The summed E-state index contributed by atoms with van der Waals surface area (Å²) in [7, 11) is -9.35. The van der Waals surface area contributed by atoms with Gasteiger partial charge in [0.2, 0.25) is 0 Å². The molecular formula is C14H11N6O6S2+. The average Bonchev–Trinajstić information content (AvgIpc) is 2.60. The highest BCUT2D eigenvalue weighted by molar-refractivity contribution is 7.90. The molecule has 2 rings (SSSR count). The van der Waals surface area contributed by atoms with Crippen LogP contribution in [0.4, 0.5) is 0 Å². The minimum Gasteiger partial charge on any atom is -0.282 e. The Kier molecular flexibility index (Phi) is 6.06. The maximum atomic E-state index is 11.6. The van der Waals surface area contributed by atoms with E-state index in [1.165, 1.54) is 36.5 Å². The van der Waals surface area contributed by atoms with Gasteiger partial charge in [-0.2, -0.15) is 22.4 Å². The molecule has 0 saturated carbocycles. The van der Waals surface area contributed by atoms with Crippen LogP contribution < -0.4 is 0 Å². The summed E-state index contributed by atoms with van der Waals surface area (Å²) in [5.74, 6) is 0. The zero-order valence-electron chi connectivity index (χ0n) is 13.7. The lowest BCUT2D eigenvalue weighted by Gasteiger charge is -2.11. The Hall–Kier alpha value is -3.38. The van der Waals surface area contributed by atoms with Gasteiger partial charge in [0.1, 0.15) is 9.81 Å². The lowest BCUT2D eigenvalue weighted by atomic mass is 10.0. The molecule has 0 aromatic rings. The highest BCUT2D eigenvalue weighted by Gasteiger charge is 2.23. The number of hydrogen-bond acceptors (Lipinski definition) is 8. The first-order chi connectivity index (χ1) is 13.1. The van der Waals surface area contributed by atoms with E-state index < -0.39 is 30.0 Å². The molecular weight excluding hydrogens is 412 g/mol. The van der Waals surface area contributed by atoms with Crippen LogP contribution in [0.5, 0.6) is 0 Å². The lowest BCUT2D eigenvalue weighted by molar-refractivity contribution is 0.489. The topological polar surface area (TPSA) is 198 Å². The van der Waals surface area contributed by atoms with Gasteiger partial charge >= 0.3 is 5.08 Å². The second-order valence-corrected chi connectivity index (χ2v) is 7.90. The third kappa shape index (κ3) is 5.08. The molecule has 0 heterocycles. The fraction of sp³-hybridized carbons (Fsp3) is 0. The predicted octanol–water partition coefficient (Wildman–Crippen LogP) is 2.12. The van der Waals surface area contributed by atoms with Gasteiger partial charge in [0.25, 0.3) is 25.6 Å². The molecule has 0 aromatic heterocycles. The third-order valence-electron chi connectivity index (χ3n) is 3.32. The fourth-order valence-corrected chi connectivity index (χ4v) is 3.59. The van der Waals surface area contributed by atoms with Crippen molar-refractivity contribution in [3.05, 3.63) is 74.6 Å². The normalized spacial score (nSPS) is 23.0. The molecule has 0 unspecified atom stereocenters. The highest BCUT2D eigenvalue weighted by Crippen LogP contribution is 2.25. The molecule has 14 heteroatoms. The van der Waals surface area contributed by atoms with Crippen LogP contribution in [0.2, 0.25) is 0 Å². The van der Waals surface area contributed by atoms with Crippen molar-refractivity contribution in [2.45, 2.75) is 0 Å². The van der Waals surface area contributed by atoms with Gasteiger partial charge in [-0.3, -0.25) is 9.11 Å². The van der Waals surface area contributed by atoms with Crippen molar-refractivity contribution < 1.29 is 25.9 Å².